The lowest BCUT2D eigenvalue weighted by Gasteiger charge is -2.43. The van der Waals surface area contributed by atoms with Gasteiger partial charge < -0.3 is 4.74 Å². The van der Waals surface area contributed by atoms with Crippen molar-refractivity contribution in [2.45, 2.75) is 32.6 Å². The Kier molecular flexibility index (Phi) is 3.23. The van der Waals surface area contributed by atoms with Crippen molar-refractivity contribution in [3.05, 3.63) is 35.9 Å². The number of carbonyl (C=O) groups is 1. The molecule has 1 saturated heterocycles. The zero-order chi connectivity index (χ0) is 12.5. The average Bonchev–Trinajstić information content (AvgIpc) is 2.36. The first-order chi connectivity index (χ1) is 8.09. The molecule has 1 aliphatic rings. The molecule has 0 aliphatic carbocycles. The molecule has 0 bridgehead atoms. The largest absolute Gasteiger partial charge is 0.465 e. The van der Waals surface area contributed by atoms with Gasteiger partial charge in [0.25, 0.3) is 0 Å². The van der Waals surface area contributed by atoms with Crippen LogP contribution in [0.25, 0.3) is 0 Å². The quantitative estimate of drug-likeness (QED) is 0.732. The molecule has 3 atom stereocenters. The molecule has 1 aliphatic heterocycles. The first-order valence-corrected chi connectivity index (χ1v) is 6.31. The fourth-order valence-electron chi connectivity index (χ4n) is 3.10. The molecule has 3 unspecified atom stereocenters. The number of rotatable bonds is 2. The molecule has 2 rings (SSSR count). The minimum atomic E-state index is -0.0522. The number of hydrogen-bond donors (Lipinski definition) is 0. The summed E-state index contributed by atoms with van der Waals surface area (Å²) < 4.78 is 5.35. The van der Waals surface area contributed by atoms with E-state index in [0.29, 0.717) is 12.5 Å². The van der Waals surface area contributed by atoms with Gasteiger partial charge in [-0.3, -0.25) is 4.79 Å². The fraction of sp³-hybridized carbons (Fsp3) is 0.533. The first-order valence-electron chi connectivity index (χ1n) is 6.31. The normalized spacial score (nSPS) is 33.2. The molecule has 2 nitrogen and oxygen atoms in total. The Labute approximate surface area is 103 Å². The highest BCUT2D eigenvalue weighted by Crippen LogP contribution is 2.42. The zero-order valence-corrected chi connectivity index (χ0v) is 10.8. The van der Waals surface area contributed by atoms with Gasteiger partial charge in [0.05, 0.1) is 5.92 Å². The van der Waals surface area contributed by atoms with E-state index in [1.165, 1.54) is 5.56 Å². The molecule has 1 aromatic carbocycles. The summed E-state index contributed by atoms with van der Waals surface area (Å²) in [5, 5.41) is 0. The minimum absolute atomic E-state index is 0.0149. The summed E-state index contributed by atoms with van der Waals surface area (Å²) >= 11 is 0. The van der Waals surface area contributed by atoms with Gasteiger partial charge >= 0.3 is 5.97 Å². The summed E-state index contributed by atoms with van der Waals surface area (Å²) in [6.45, 7) is 6.84. The van der Waals surface area contributed by atoms with E-state index in [1.54, 1.807) is 0 Å². The summed E-state index contributed by atoms with van der Waals surface area (Å²) in [5.41, 5.74) is 1.22. The Morgan fingerprint density at radius 1 is 1.35 bits per heavy atom. The van der Waals surface area contributed by atoms with Gasteiger partial charge in [-0.15, -0.1) is 0 Å². The predicted octanol–water partition coefficient (Wildman–Crippen LogP) is 3.16. The van der Waals surface area contributed by atoms with Crippen molar-refractivity contribution in [3.63, 3.8) is 0 Å². The first kappa shape index (κ1) is 12.2. The van der Waals surface area contributed by atoms with Gasteiger partial charge in [0.1, 0.15) is 6.61 Å². The molecule has 1 fully saturated rings. The Bertz CT molecular complexity index is 399. The molecule has 0 aromatic heterocycles. The van der Waals surface area contributed by atoms with E-state index in [9.17, 15) is 4.79 Å². The number of carbonyl (C=O) groups excluding carboxylic acids is 1. The topological polar surface area (TPSA) is 26.3 Å². The highest BCUT2D eigenvalue weighted by atomic mass is 16.5. The lowest BCUT2D eigenvalue weighted by atomic mass is 9.65. The number of esters is 1. The van der Waals surface area contributed by atoms with Crippen LogP contribution in [0.4, 0.5) is 0 Å². The minimum Gasteiger partial charge on any atom is -0.465 e. The number of benzene rings is 1. The molecule has 17 heavy (non-hydrogen) atoms. The Morgan fingerprint density at radius 3 is 2.59 bits per heavy atom. The van der Waals surface area contributed by atoms with Crippen molar-refractivity contribution in [1.29, 1.82) is 0 Å². The third kappa shape index (κ3) is 1.97. The van der Waals surface area contributed by atoms with Crippen LogP contribution < -0.4 is 0 Å². The van der Waals surface area contributed by atoms with Crippen LogP contribution in [0, 0.1) is 11.8 Å². The van der Waals surface area contributed by atoms with E-state index in [0.717, 1.165) is 6.42 Å². The van der Waals surface area contributed by atoms with E-state index < -0.39 is 0 Å². The van der Waals surface area contributed by atoms with Crippen molar-refractivity contribution < 1.29 is 9.53 Å². The highest BCUT2D eigenvalue weighted by molar-refractivity contribution is 5.74. The summed E-state index contributed by atoms with van der Waals surface area (Å²) in [5.74, 6) is 0.287. The van der Waals surface area contributed by atoms with E-state index in [-0.39, 0.29) is 17.3 Å². The Balaban J connectivity index is 2.38. The lowest BCUT2D eigenvalue weighted by Crippen LogP contribution is -2.48. The monoisotopic (exact) mass is 232 g/mol. The van der Waals surface area contributed by atoms with Crippen LogP contribution >= 0.6 is 0 Å². The predicted molar refractivity (Wildman–Crippen MR) is 67.7 cm³/mol. The standard InChI is InChI=1S/C15H20O2/c1-4-13-11(2)14(16)17-10-15(13,3)12-8-6-5-7-9-12/h5-9,11,13H,4,10H2,1-3H3. The lowest BCUT2D eigenvalue weighted by molar-refractivity contribution is -0.162. The third-order valence-corrected chi connectivity index (χ3v) is 4.18. The van der Waals surface area contributed by atoms with Gasteiger partial charge in [-0.1, -0.05) is 57.5 Å². The van der Waals surface area contributed by atoms with E-state index in [1.807, 2.05) is 25.1 Å². The second kappa shape index (κ2) is 4.52. The Hall–Kier alpha value is -1.31. The van der Waals surface area contributed by atoms with Gasteiger partial charge in [0.2, 0.25) is 0 Å². The Morgan fingerprint density at radius 2 is 2.00 bits per heavy atom. The molecule has 1 heterocycles. The van der Waals surface area contributed by atoms with Crippen molar-refractivity contribution >= 4 is 5.97 Å². The smallest absolute Gasteiger partial charge is 0.308 e. The second-order valence-electron chi connectivity index (χ2n) is 5.19. The molecule has 2 heteroatoms. The number of hydrogen-bond acceptors (Lipinski definition) is 2. The molecule has 0 N–H and O–H groups in total. The maximum absolute atomic E-state index is 11.7. The zero-order valence-electron chi connectivity index (χ0n) is 10.8. The molecule has 0 radical (unpaired) electrons. The number of ether oxygens (including phenoxy) is 1. The van der Waals surface area contributed by atoms with Crippen molar-refractivity contribution in [3.8, 4) is 0 Å². The van der Waals surface area contributed by atoms with E-state index >= 15 is 0 Å². The maximum Gasteiger partial charge on any atom is 0.308 e. The van der Waals surface area contributed by atoms with Crippen LogP contribution in [-0.4, -0.2) is 12.6 Å². The molecular formula is C15H20O2. The van der Waals surface area contributed by atoms with Gasteiger partial charge in [-0.2, -0.15) is 0 Å². The van der Waals surface area contributed by atoms with Gasteiger partial charge in [0.15, 0.2) is 0 Å². The maximum atomic E-state index is 11.7. The third-order valence-electron chi connectivity index (χ3n) is 4.18. The van der Waals surface area contributed by atoms with Crippen LogP contribution in [0.15, 0.2) is 30.3 Å². The fourth-order valence-corrected chi connectivity index (χ4v) is 3.10. The van der Waals surface area contributed by atoms with Crippen molar-refractivity contribution in [2.24, 2.45) is 11.8 Å². The molecule has 1 aromatic rings. The summed E-state index contributed by atoms with van der Waals surface area (Å²) in [4.78, 5) is 11.7. The van der Waals surface area contributed by atoms with Crippen LogP contribution in [-0.2, 0) is 14.9 Å². The van der Waals surface area contributed by atoms with Crippen LogP contribution in [0.1, 0.15) is 32.8 Å². The molecule has 92 valence electrons. The second-order valence-corrected chi connectivity index (χ2v) is 5.19. The molecule has 0 amide bonds. The van der Waals surface area contributed by atoms with E-state index in [4.69, 9.17) is 4.74 Å². The van der Waals surface area contributed by atoms with Crippen LogP contribution in [0.3, 0.4) is 0 Å². The SMILES string of the molecule is CCC1C(C)C(=O)OCC1(C)c1ccccc1. The van der Waals surface area contributed by atoms with Crippen molar-refractivity contribution in [1.82, 2.24) is 0 Å². The van der Waals surface area contributed by atoms with Gasteiger partial charge in [-0.25, -0.2) is 0 Å². The van der Waals surface area contributed by atoms with Gasteiger partial charge in [0, 0.05) is 5.41 Å². The average molecular weight is 232 g/mol. The number of cyclic esters (lactones) is 1. The summed E-state index contributed by atoms with van der Waals surface area (Å²) in [7, 11) is 0. The highest BCUT2D eigenvalue weighted by Gasteiger charge is 2.45. The molecular weight excluding hydrogens is 212 g/mol. The molecule has 0 saturated carbocycles. The summed E-state index contributed by atoms with van der Waals surface area (Å²) in [6, 6.07) is 10.4. The van der Waals surface area contributed by atoms with Crippen molar-refractivity contribution in [2.75, 3.05) is 6.61 Å². The van der Waals surface area contributed by atoms with Crippen LogP contribution in [0.5, 0.6) is 0 Å². The van der Waals surface area contributed by atoms with Crippen LogP contribution in [0.2, 0.25) is 0 Å². The summed E-state index contributed by atoms with van der Waals surface area (Å²) in [6.07, 6.45) is 1.00. The van der Waals surface area contributed by atoms with Gasteiger partial charge in [-0.05, 0) is 11.5 Å². The molecule has 0 spiro atoms. The van der Waals surface area contributed by atoms with E-state index in [2.05, 4.69) is 26.0 Å².